The summed E-state index contributed by atoms with van der Waals surface area (Å²) in [6.45, 7) is 8.19. The summed E-state index contributed by atoms with van der Waals surface area (Å²) in [5.41, 5.74) is -0.0172. The van der Waals surface area contributed by atoms with E-state index < -0.39 is 0 Å². The summed E-state index contributed by atoms with van der Waals surface area (Å²) in [5, 5.41) is 0. The second-order valence-corrected chi connectivity index (χ2v) is 8.28. The molecule has 0 saturated heterocycles. The van der Waals surface area contributed by atoms with Crippen LogP contribution in [0.15, 0.2) is 0 Å². The van der Waals surface area contributed by atoms with Gasteiger partial charge in [0.25, 0.3) is 0 Å². The first kappa shape index (κ1) is 13.5. The van der Waals surface area contributed by atoms with E-state index in [2.05, 4.69) is 13.8 Å². The standard InChI is InChI=1S/C17H28O2/c1-11(2)15(18)19-16(3,4)17-8-12-5-13(9-17)7-14(6-12)10-17/h11-14H,5-10H2,1-4H3. The van der Waals surface area contributed by atoms with Crippen LogP contribution in [-0.2, 0) is 9.53 Å². The molecule has 4 saturated carbocycles. The summed E-state index contributed by atoms with van der Waals surface area (Å²) >= 11 is 0. The van der Waals surface area contributed by atoms with Crippen LogP contribution in [0.4, 0.5) is 0 Å². The zero-order valence-electron chi connectivity index (χ0n) is 12.9. The first-order valence-electron chi connectivity index (χ1n) is 8.04. The van der Waals surface area contributed by atoms with E-state index in [9.17, 15) is 4.79 Å². The molecule has 108 valence electrons. The van der Waals surface area contributed by atoms with Gasteiger partial charge >= 0.3 is 5.97 Å². The van der Waals surface area contributed by atoms with Crippen molar-refractivity contribution in [3.05, 3.63) is 0 Å². The van der Waals surface area contributed by atoms with Gasteiger partial charge in [0.2, 0.25) is 0 Å². The van der Waals surface area contributed by atoms with Crippen molar-refractivity contribution < 1.29 is 9.53 Å². The van der Waals surface area contributed by atoms with Crippen molar-refractivity contribution in [3.8, 4) is 0 Å². The molecule has 0 aromatic heterocycles. The maximum atomic E-state index is 12.0. The quantitative estimate of drug-likeness (QED) is 0.715. The molecule has 2 nitrogen and oxygen atoms in total. The molecule has 4 aliphatic carbocycles. The molecule has 4 rings (SSSR count). The van der Waals surface area contributed by atoms with Crippen molar-refractivity contribution in [2.45, 2.75) is 71.8 Å². The lowest BCUT2D eigenvalue weighted by molar-refractivity contribution is -0.201. The zero-order valence-corrected chi connectivity index (χ0v) is 12.9. The van der Waals surface area contributed by atoms with E-state index in [4.69, 9.17) is 4.74 Å². The third-order valence-electron chi connectivity index (χ3n) is 6.14. The second-order valence-electron chi connectivity index (χ2n) is 8.28. The second kappa shape index (κ2) is 4.23. The maximum Gasteiger partial charge on any atom is 0.308 e. The van der Waals surface area contributed by atoms with Gasteiger partial charge in [0.1, 0.15) is 5.60 Å². The number of esters is 1. The van der Waals surface area contributed by atoms with Gasteiger partial charge in [-0.2, -0.15) is 0 Å². The van der Waals surface area contributed by atoms with Crippen LogP contribution in [0.25, 0.3) is 0 Å². The average molecular weight is 264 g/mol. The fourth-order valence-corrected chi connectivity index (χ4v) is 5.33. The topological polar surface area (TPSA) is 26.3 Å². The highest BCUT2D eigenvalue weighted by molar-refractivity contribution is 5.72. The van der Waals surface area contributed by atoms with Crippen LogP contribution in [0.2, 0.25) is 0 Å². The van der Waals surface area contributed by atoms with Gasteiger partial charge in [-0.1, -0.05) is 13.8 Å². The van der Waals surface area contributed by atoms with Crippen molar-refractivity contribution in [2.24, 2.45) is 29.1 Å². The molecule has 4 bridgehead atoms. The highest BCUT2D eigenvalue weighted by Crippen LogP contribution is 2.64. The summed E-state index contributed by atoms with van der Waals surface area (Å²) in [4.78, 5) is 12.0. The van der Waals surface area contributed by atoms with E-state index in [0.29, 0.717) is 0 Å². The molecule has 2 heteroatoms. The molecule has 19 heavy (non-hydrogen) atoms. The molecule has 4 fully saturated rings. The minimum Gasteiger partial charge on any atom is -0.459 e. The van der Waals surface area contributed by atoms with Crippen LogP contribution in [-0.4, -0.2) is 11.6 Å². The Morgan fingerprint density at radius 2 is 1.47 bits per heavy atom. The van der Waals surface area contributed by atoms with Gasteiger partial charge in [-0.05, 0) is 70.1 Å². The molecule has 4 aliphatic rings. The summed E-state index contributed by atoms with van der Waals surface area (Å²) in [6, 6.07) is 0. The Labute approximate surface area is 117 Å². The van der Waals surface area contributed by atoms with E-state index in [1.54, 1.807) is 0 Å². The number of hydrogen-bond donors (Lipinski definition) is 0. The number of hydrogen-bond acceptors (Lipinski definition) is 2. The van der Waals surface area contributed by atoms with E-state index in [1.165, 1.54) is 38.5 Å². The van der Waals surface area contributed by atoms with E-state index in [-0.39, 0.29) is 22.9 Å². The largest absolute Gasteiger partial charge is 0.459 e. The summed E-state index contributed by atoms with van der Waals surface area (Å²) in [6.07, 6.45) is 8.18. The molecule has 0 unspecified atom stereocenters. The minimum absolute atomic E-state index is 0.0202. The van der Waals surface area contributed by atoms with Gasteiger partial charge in [0.05, 0.1) is 5.92 Å². The van der Waals surface area contributed by atoms with Gasteiger partial charge in [-0.3, -0.25) is 4.79 Å². The fraction of sp³-hybridized carbons (Fsp3) is 0.941. The van der Waals surface area contributed by atoms with Gasteiger partial charge in [-0.25, -0.2) is 0 Å². The SMILES string of the molecule is CC(C)C(=O)OC(C)(C)C12CC3CC(CC(C3)C1)C2. The molecule has 0 amide bonds. The highest BCUT2D eigenvalue weighted by atomic mass is 16.6. The molecule has 0 aromatic rings. The van der Waals surface area contributed by atoms with Crippen molar-refractivity contribution in [1.82, 2.24) is 0 Å². The van der Waals surface area contributed by atoms with Crippen molar-refractivity contribution in [3.63, 3.8) is 0 Å². The van der Waals surface area contributed by atoms with Crippen LogP contribution in [0, 0.1) is 29.1 Å². The monoisotopic (exact) mass is 264 g/mol. The van der Waals surface area contributed by atoms with Crippen molar-refractivity contribution >= 4 is 5.97 Å². The predicted molar refractivity (Wildman–Crippen MR) is 75.6 cm³/mol. The Morgan fingerprint density at radius 1 is 1.05 bits per heavy atom. The molecule has 0 N–H and O–H groups in total. The number of ether oxygens (including phenoxy) is 1. The van der Waals surface area contributed by atoms with Crippen LogP contribution >= 0.6 is 0 Å². The Morgan fingerprint density at radius 3 is 1.84 bits per heavy atom. The Balaban J connectivity index is 1.82. The number of carbonyl (C=O) groups excluding carboxylic acids is 1. The Hall–Kier alpha value is -0.530. The third-order valence-corrected chi connectivity index (χ3v) is 6.14. The van der Waals surface area contributed by atoms with E-state index >= 15 is 0 Å². The fourth-order valence-electron chi connectivity index (χ4n) is 5.33. The number of rotatable bonds is 3. The molecule has 0 aliphatic heterocycles. The van der Waals surface area contributed by atoms with Crippen LogP contribution in [0.1, 0.15) is 66.2 Å². The first-order valence-corrected chi connectivity index (χ1v) is 8.04. The smallest absolute Gasteiger partial charge is 0.308 e. The van der Waals surface area contributed by atoms with E-state index in [1.807, 2.05) is 13.8 Å². The van der Waals surface area contributed by atoms with Gasteiger partial charge < -0.3 is 4.74 Å². The molecule has 0 atom stereocenters. The minimum atomic E-state index is -0.287. The van der Waals surface area contributed by atoms with Gasteiger partial charge in [0, 0.05) is 5.41 Å². The van der Waals surface area contributed by atoms with Crippen LogP contribution < -0.4 is 0 Å². The Kier molecular flexibility index (Phi) is 3.00. The summed E-state index contributed by atoms with van der Waals surface area (Å²) < 4.78 is 5.95. The van der Waals surface area contributed by atoms with Gasteiger partial charge in [0.15, 0.2) is 0 Å². The Bertz CT molecular complexity index is 345. The molecule has 0 radical (unpaired) electrons. The number of carbonyl (C=O) groups is 1. The normalized spacial score (nSPS) is 40.8. The average Bonchev–Trinajstić information content (AvgIpc) is 2.25. The first-order chi connectivity index (χ1) is 8.81. The predicted octanol–water partition coefficient (Wildman–Crippen LogP) is 4.18. The summed E-state index contributed by atoms with van der Waals surface area (Å²) in [7, 11) is 0. The van der Waals surface area contributed by atoms with Gasteiger partial charge in [-0.15, -0.1) is 0 Å². The van der Waals surface area contributed by atoms with Crippen LogP contribution in [0.3, 0.4) is 0 Å². The van der Waals surface area contributed by atoms with E-state index in [0.717, 1.165) is 17.8 Å². The maximum absolute atomic E-state index is 12.0. The van der Waals surface area contributed by atoms with Crippen molar-refractivity contribution in [2.75, 3.05) is 0 Å². The molecule has 0 spiro atoms. The lowest BCUT2D eigenvalue weighted by Crippen LogP contribution is -2.57. The molecule has 0 aromatic carbocycles. The zero-order chi connectivity index (χ0) is 13.8. The lowest BCUT2D eigenvalue weighted by atomic mass is 9.46. The lowest BCUT2D eigenvalue weighted by Gasteiger charge is -2.61. The van der Waals surface area contributed by atoms with Crippen LogP contribution in [0.5, 0.6) is 0 Å². The third kappa shape index (κ3) is 2.11. The molecular weight excluding hydrogens is 236 g/mol. The highest BCUT2D eigenvalue weighted by Gasteiger charge is 2.58. The summed E-state index contributed by atoms with van der Waals surface area (Å²) in [5.74, 6) is 2.67. The molecular formula is C17H28O2. The molecule has 0 heterocycles. The van der Waals surface area contributed by atoms with Crippen molar-refractivity contribution in [1.29, 1.82) is 0 Å².